The molecule has 0 spiro atoms. The van der Waals surface area contributed by atoms with Crippen molar-refractivity contribution in [2.75, 3.05) is 7.11 Å². The number of Topliss-reactive ketones (excluding diaryl/α,β-unsaturated/α-hetero) is 1. The first kappa shape index (κ1) is 11.7. The highest BCUT2D eigenvalue weighted by atomic mass is 16.5. The number of ketones is 1. The Balaban J connectivity index is 1.96. The highest BCUT2D eigenvalue weighted by molar-refractivity contribution is 6.13. The summed E-state index contributed by atoms with van der Waals surface area (Å²) in [6.45, 7) is 0. The van der Waals surface area contributed by atoms with Gasteiger partial charge in [-0.1, -0.05) is 0 Å². The molecule has 4 nitrogen and oxygen atoms in total. The van der Waals surface area contributed by atoms with E-state index < -0.39 is 0 Å². The molecule has 0 atom stereocenters. The van der Waals surface area contributed by atoms with E-state index in [1.807, 2.05) is 18.2 Å². The van der Waals surface area contributed by atoms with Crippen LogP contribution in [0.5, 0.6) is 5.75 Å². The molecular weight excluding hydrogens is 242 g/mol. The Bertz CT molecular complexity index is 641. The molecule has 0 saturated carbocycles. The van der Waals surface area contributed by atoms with Gasteiger partial charge in [0.2, 0.25) is 0 Å². The molecule has 0 saturated heterocycles. The highest BCUT2D eigenvalue weighted by Gasteiger charge is 2.22. The molecule has 1 aliphatic rings. The lowest BCUT2D eigenvalue weighted by molar-refractivity contribution is 0.102. The third kappa shape index (κ3) is 2.17. The Morgan fingerprint density at radius 1 is 1.37 bits per heavy atom. The average molecular weight is 255 g/mol. The van der Waals surface area contributed by atoms with E-state index in [1.165, 1.54) is 12.7 Å². The number of fused-ring (bicyclic) bond motifs is 1. The Hall–Kier alpha value is -2.36. The largest absolute Gasteiger partial charge is 0.497 e. The smallest absolute Gasteiger partial charge is 0.189 e. The molecule has 1 aromatic carbocycles. The SMILES string of the molecule is COc1ccc2c(c1)CCC(=Cc1cocn1)C2=O. The molecule has 1 heterocycles. The molecule has 0 fully saturated rings. The zero-order valence-electron chi connectivity index (χ0n) is 10.6. The monoisotopic (exact) mass is 255 g/mol. The van der Waals surface area contributed by atoms with Crippen LogP contribution in [0.15, 0.2) is 40.8 Å². The first-order valence-corrected chi connectivity index (χ1v) is 6.08. The predicted molar refractivity (Wildman–Crippen MR) is 70.1 cm³/mol. The number of allylic oxidation sites excluding steroid dienone is 1. The van der Waals surface area contributed by atoms with Gasteiger partial charge in [-0.05, 0) is 42.7 Å². The summed E-state index contributed by atoms with van der Waals surface area (Å²) >= 11 is 0. The lowest BCUT2D eigenvalue weighted by Crippen LogP contribution is -2.14. The Morgan fingerprint density at radius 3 is 3.00 bits per heavy atom. The Labute approximate surface area is 110 Å². The van der Waals surface area contributed by atoms with Gasteiger partial charge in [-0.15, -0.1) is 0 Å². The molecule has 3 rings (SSSR count). The summed E-state index contributed by atoms with van der Waals surface area (Å²) in [5.74, 6) is 0.849. The first-order valence-electron chi connectivity index (χ1n) is 6.08. The van der Waals surface area contributed by atoms with Crippen LogP contribution in [0.25, 0.3) is 6.08 Å². The van der Waals surface area contributed by atoms with Crippen molar-refractivity contribution in [1.29, 1.82) is 0 Å². The van der Waals surface area contributed by atoms with Gasteiger partial charge in [-0.2, -0.15) is 0 Å². The molecule has 0 N–H and O–H groups in total. The Morgan fingerprint density at radius 2 is 2.26 bits per heavy atom. The average Bonchev–Trinajstić information content (AvgIpc) is 2.94. The molecule has 2 aromatic rings. The van der Waals surface area contributed by atoms with E-state index in [0.717, 1.165) is 28.9 Å². The van der Waals surface area contributed by atoms with E-state index in [9.17, 15) is 4.79 Å². The van der Waals surface area contributed by atoms with E-state index in [1.54, 1.807) is 13.2 Å². The number of carbonyl (C=O) groups is 1. The molecule has 0 unspecified atom stereocenters. The van der Waals surface area contributed by atoms with Crippen LogP contribution >= 0.6 is 0 Å². The quantitative estimate of drug-likeness (QED) is 0.774. The summed E-state index contributed by atoms with van der Waals surface area (Å²) in [5, 5.41) is 0. The summed E-state index contributed by atoms with van der Waals surface area (Å²) in [4.78, 5) is 16.4. The first-order chi connectivity index (χ1) is 9.28. The number of methoxy groups -OCH3 is 1. The number of oxazole rings is 1. The summed E-state index contributed by atoms with van der Waals surface area (Å²) < 4.78 is 10.1. The van der Waals surface area contributed by atoms with Crippen molar-refractivity contribution in [3.8, 4) is 5.75 Å². The van der Waals surface area contributed by atoms with E-state index in [4.69, 9.17) is 9.15 Å². The van der Waals surface area contributed by atoms with Gasteiger partial charge < -0.3 is 9.15 Å². The number of carbonyl (C=O) groups excluding carboxylic acids is 1. The maximum absolute atomic E-state index is 12.4. The van der Waals surface area contributed by atoms with E-state index in [-0.39, 0.29) is 5.78 Å². The molecule has 0 bridgehead atoms. The molecule has 19 heavy (non-hydrogen) atoms. The van der Waals surface area contributed by atoms with Gasteiger partial charge in [-0.3, -0.25) is 4.79 Å². The third-order valence-corrected chi connectivity index (χ3v) is 3.29. The van der Waals surface area contributed by atoms with Crippen molar-refractivity contribution >= 4 is 11.9 Å². The second-order valence-electron chi connectivity index (χ2n) is 4.44. The summed E-state index contributed by atoms with van der Waals surface area (Å²) in [6.07, 6.45) is 6.23. The third-order valence-electron chi connectivity index (χ3n) is 3.29. The van der Waals surface area contributed by atoms with Gasteiger partial charge in [-0.25, -0.2) is 4.98 Å². The molecule has 1 aromatic heterocycles. The summed E-state index contributed by atoms with van der Waals surface area (Å²) in [5.41, 5.74) is 3.25. The minimum absolute atomic E-state index is 0.0619. The number of aryl methyl sites for hydroxylation is 1. The van der Waals surface area contributed by atoms with Crippen molar-refractivity contribution in [3.63, 3.8) is 0 Å². The van der Waals surface area contributed by atoms with E-state index in [2.05, 4.69) is 4.98 Å². The predicted octanol–water partition coefficient (Wildman–Crippen LogP) is 2.90. The van der Waals surface area contributed by atoms with Gasteiger partial charge in [0.1, 0.15) is 17.7 Å². The number of benzene rings is 1. The molecule has 0 aliphatic heterocycles. The fourth-order valence-electron chi connectivity index (χ4n) is 2.29. The van der Waals surface area contributed by atoms with Crippen molar-refractivity contribution in [2.24, 2.45) is 0 Å². The van der Waals surface area contributed by atoms with Crippen molar-refractivity contribution < 1.29 is 13.9 Å². The van der Waals surface area contributed by atoms with Crippen LogP contribution in [0, 0.1) is 0 Å². The minimum atomic E-state index is 0.0619. The van der Waals surface area contributed by atoms with Crippen LogP contribution in [0.1, 0.15) is 28.0 Å². The maximum Gasteiger partial charge on any atom is 0.189 e. The highest BCUT2D eigenvalue weighted by Crippen LogP contribution is 2.29. The summed E-state index contributed by atoms with van der Waals surface area (Å²) in [7, 11) is 1.63. The lowest BCUT2D eigenvalue weighted by atomic mass is 9.86. The van der Waals surface area contributed by atoms with Crippen LogP contribution in [0.3, 0.4) is 0 Å². The van der Waals surface area contributed by atoms with Crippen LogP contribution < -0.4 is 4.74 Å². The molecule has 0 amide bonds. The number of hydrogen-bond donors (Lipinski definition) is 0. The second-order valence-corrected chi connectivity index (χ2v) is 4.44. The van der Waals surface area contributed by atoms with Crippen LogP contribution in [-0.2, 0) is 6.42 Å². The van der Waals surface area contributed by atoms with Crippen molar-refractivity contribution in [2.45, 2.75) is 12.8 Å². The minimum Gasteiger partial charge on any atom is -0.497 e. The zero-order valence-corrected chi connectivity index (χ0v) is 10.6. The lowest BCUT2D eigenvalue weighted by Gasteiger charge is -2.17. The summed E-state index contributed by atoms with van der Waals surface area (Å²) in [6, 6.07) is 5.57. The molecular formula is C15H13NO3. The standard InChI is InChI=1S/C15H13NO3/c1-18-13-4-5-14-10(7-13)2-3-11(15(14)17)6-12-8-19-9-16-12/h4-9H,2-3H2,1H3. The number of hydrogen-bond acceptors (Lipinski definition) is 4. The number of ether oxygens (including phenoxy) is 1. The fourth-order valence-corrected chi connectivity index (χ4v) is 2.29. The van der Waals surface area contributed by atoms with Gasteiger partial charge in [0, 0.05) is 11.1 Å². The fraction of sp³-hybridized carbons (Fsp3) is 0.200. The molecule has 4 heteroatoms. The second kappa shape index (κ2) is 4.72. The van der Waals surface area contributed by atoms with E-state index in [0.29, 0.717) is 12.1 Å². The van der Waals surface area contributed by atoms with Crippen LogP contribution in [0.4, 0.5) is 0 Å². The molecule has 1 aliphatic carbocycles. The molecule has 0 radical (unpaired) electrons. The number of rotatable bonds is 2. The van der Waals surface area contributed by atoms with Gasteiger partial charge in [0.15, 0.2) is 12.2 Å². The van der Waals surface area contributed by atoms with Gasteiger partial charge in [0.25, 0.3) is 0 Å². The van der Waals surface area contributed by atoms with Crippen molar-refractivity contribution in [3.05, 3.63) is 53.2 Å². The van der Waals surface area contributed by atoms with Crippen LogP contribution in [-0.4, -0.2) is 17.9 Å². The number of aromatic nitrogens is 1. The van der Waals surface area contributed by atoms with Gasteiger partial charge >= 0.3 is 0 Å². The zero-order chi connectivity index (χ0) is 13.2. The molecule has 96 valence electrons. The van der Waals surface area contributed by atoms with Crippen molar-refractivity contribution in [1.82, 2.24) is 4.98 Å². The van der Waals surface area contributed by atoms with E-state index >= 15 is 0 Å². The van der Waals surface area contributed by atoms with Gasteiger partial charge in [0.05, 0.1) is 7.11 Å². The number of nitrogens with zero attached hydrogens (tertiary/aromatic N) is 1. The Kier molecular flexibility index (Phi) is 2.91. The topological polar surface area (TPSA) is 52.3 Å². The normalized spacial score (nSPS) is 16.5. The van der Waals surface area contributed by atoms with Crippen LogP contribution in [0.2, 0.25) is 0 Å². The maximum atomic E-state index is 12.4.